The van der Waals surface area contributed by atoms with Crippen molar-refractivity contribution in [2.45, 2.75) is 32.5 Å². The first-order chi connectivity index (χ1) is 15.7. The Morgan fingerprint density at radius 3 is 2.55 bits per heavy atom. The van der Waals surface area contributed by atoms with E-state index in [1.165, 1.54) is 35.2 Å². The van der Waals surface area contributed by atoms with E-state index in [0.29, 0.717) is 27.1 Å². The van der Waals surface area contributed by atoms with Gasteiger partial charge in [-0.1, -0.05) is 11.8 Å². The Hall–Kier alpha value is -2.99. The van der Waals surface area contributed by atoms with Crippen molar-refractivity contribution in [2.24, 2.45) is 7.05 Å². The van der Waals surface area contributed by atoms with Gasteiger partial charge in [0.2, 0.25) is 5.91 Å². The normalized spacial score (nSPS) is 11.0. The van der Waals surface area contributed by atoms with E-state index in [9.17, 15) is 18.4 Å². The van der Waals surface area contributed by atoms with Crippen LogP contribution in [0.3, 0.4) is 0 Å². The first-order valence-electron chi connectivity index (χ1n) is 9.85. The van der Waals surface area contributed by atoms with E-state index in [-0.39, 0.29) is 24.0 Å². The second-order valence-electron chi connectivity index (χ2n) is 6.81. The second-order valence-corrected chi connectivity index (χ2v) is 8.98. The monoisotopic (exact) mass is 496 g/mol. The number of carbonyl (C=O) groups excluding carboxylic acids is 2. The number of thiophene rings is 1. The lowest BCUT2D eigenvalue weighted by molar-refractivity contribution is -0.113. The molecule has 2 aromatic heterocycles. The molecule has 0 atom stereocenters. The van der Waals surface area contributed by atoms with Crippen molar-refractivity contribution in [3.8, 4) is 17.1 Å². The number of nitrogens with one attached hydrogen (secondary N) is 1. The lowest BCUT2D eigenvalue weighted by Gasteiger charge is -2.08. The van der Waals surface area contributed by atoms with Gasteiger partial charge in [-0.25, -0.2) is 4.79 Å². The Morgan fingerprint density at radius 1 is 1.21 bits per heavy atom. The Labute approximate surface area is 197 Å². The number of aromatic nitrogens is 3. The molecule has 0 aliphatic rings. The maximum absolute atomic E-state index is 12.5. The Kier molecular flexibility index (Phi) is 8.03. The largest absolute Gasteiger partial charge is 0.462 e. The Morgan fingerprint density at radius 2 is 1.91 bits per heavy atom. The molecule has 0 fully saturated rings. The van der Waals surface area contributed by atoms with E-state index < -0.39 is 12.6 Å². The highest BCUT2D eigenvalue weighted by atomic mass is 32.2. The zero-order valence-electron chi connectivity index (χ0n) is 18.3. The molecule has 2 heterocycles. The number of thioether (sulfide) groups is 1. The fourth-order valence-corrected chi connectivity index (χ4v) is 4.71. The number of carbonyl (C=O) groups is 2. The summed E-state index contributed by atoms with van der Waals surface area (Å²) in [5.41, 5.74) is 1.81. The number of esters is 1. The van der Waals surface area contributed by atoms with Crippen LogP contribution in [0.1, 0.15) is 27.7 Å². The standard InChI is InChI=1S/C21H22F2N4O4S2/c1-5-30-19(29)16-11(2)12(3)33-18(16)24-15(28)10-32-21-26-25-17(27(21)4)13-6-8-14(9-7-13)31-20(22)23/h6-9,20H,5,10H2,1-4H3,(H,24,28). The minimum Gasteiger partial charge on any atom is -0.462 e. The van der Waals surface area contributed by atoms with Gasteiger partial charge < -0.3 is 19.4 Å². The lowest BCUT2D eigenvalue weighted by atomic mass is 10.1. The highest BCUT2D eigenvalue weighted by Gasteiger charge is 2.22. The molecule has 1 N–H and O–H groups in total. The summed E-state index contributed by atoms with van der Waals surface area (Å²) in [4.78, 5) is 25.7. The molecule has 1 amide bonds. The number of rotatable bonds is 9. The van der Waals surface area contributed by atoms with Gasteiger partial charge in [0, 0.05) is 17.5 Å². The molecule has 0 saturated carbocycles. The van der Waals surface area contributed by atoms with Crippen molar-refractivity contribution < 1.29 is 27.8 Å². The smallest absolute Gasteiger partial charge is 0.387 e. The number of hydrogen-bond donors (Lipinski definition) is 1. The van der Waals surface area contributed by atoms with Gasteiger partial charge in [-0.3, -0.25) is 4.79 Å². The van der Waals surface area contributed by atoms with Crippen LogP contribution in [0.5, 0.6) is 5.75 Å². The highest BCUT2D eigenvalue weighted by molar-refractivity contribution is 7.99. The zero-order valence-corrected chi connectivity index (χ0v) is 20.0. The number of hydrogen-bond acceptors (Lipinski definition) is 8. The van der Waals surface area contributed by atoms with Crippen LogP contribution in [-0.4, -0.2) is 45.6 Å². The summed E-state index contributed by atoms with van der Waals surface area (Å²) in [6.07, 6.45) is 0. The quantitative estimate of drug-likeness (QED) is 0.340. The molecule has 0 radical (unpaired) electrons. The van der Waals surface area contributed by atoms with Crippen LogP contribution in [0, 0.1) is 13.8 Å². The van der Waals surface area contributed by atoms with Gasteiger partial charge >= 0.3 is 12.6 Å². The van der Waals surface area contributed by atoms with Crippen LogP contribution in [0.25, 0.3) is 11.4 Å². The predicted octanol–water partition coefficient (Wildman–Crippen LogP) is 4.67. The number of nitrogens with zero attached hydrogens (tertiary/aromatic N) is 3. The predicted molar refractivity (Wildman–Crippen MR) is 122 cm³/mol. The van der Waals surface area contributed by atoms with Crippen LogP contribution >= 0.6 is 23.1 Å². The molecule has 0 unspecified atom stereocenters. The summed E-state index contributed by atoms with van der Waals surface area (Å²) in [6, 6.07) is 6.04. The number of ether oxygens (including phenoxy) is 2. The molecule has 176 valence electrons. The van der Waals surface area contributed by atoms with E-state index in [1.54, 1.807) is 30.7 Å². The summed E-state index contributed by atoms with van der Waals surface area (Å²) in [6.45, 7) is 2.76. The first-order valence-corrected chi connectivity index (χ1v) is 11.7. The van der Waals surface area contributed by atoms with Crippen molar-refractivity contribution in [1.29, 1.82) is 0 Å². The van der Waals surface area contributed by atoms with Gasteiger partial charge in [-0.2, -0.15) is 8.78 Å². The third-order valence-corrected chi connectivity index (χ3v) is 6.77. The maximum Gasteiger partial charge on any atom is 0.387 e. The summed E-state index contributed by atoms with van der Waals surface area (Å²) in [7, 11) is 1.74. The number of benzene rings is 1. The fourth-order valence-electron chi connectivity index (χ4n) is 2.93. The first kappa shape index (κ1) is 24.6. The highest BCUT2D eigenvalue weighted by Crippen LogP contribution is 2.33. The van der Waals surface area contributed by atoms with Gasteiger partial charge in [0.15, 0.2) is 11.0 Å². The molecule has 0 aliphatic carbocycles. The molecule has 3 rings (SSSR count). The van der Waals surface area contributed by atoms with E-state index in [2.05, 4.69) is 20.3 Å². The summed E-state index contributed by atoms with van der Waals surface area (Å²) >= 11 is 2.50. The lowest BCUT2D eigenvalue weighted by Crippen LogP contribution is -2.16. The Bertz CT molecular complexity index is 1150. The molecule has 3 aromatic rings. The number of anilines is 1. The summed E-state index contributed by atoms with van der Waals surface area (Å²) in [5.74, 6) is -0.167. The van der Waals surface area contributed by atoms with Crippen LogP contribution in [0.2, 0.25) is 0 Å². The molecule has 0 saturated heterocycles. The number of halogens is 2. The Balaban J connectivity index is 1.66. The van der Waals surface area contributed by atoms with Crippen molar-refractivity contribution in [1.82, 2.24) is 14.8 Å². The van der Waals surface area contributed by atoms with Gasteiger partial charge in [0.1, 0.15) is 10.8 Å². The molecular weight excluding hydrogens is 474 g/mol. The summed E-state index contributed by atoms with van der Waals surface area (Å²) < 4.78 is 35.8. The molecule has 33 heavy (non-hydrogen) atoms. The van der Waals surface area contributed by atoms with E-state index in [0.717, 1.165) is 10.4 Å². The van der Waals surface area contributed by atoms with Crippen LogP contribution in [0.15, 0.2) is 29.4 Å². The molecule has 0 spiro atoms. The van der Waals surface area contributed by atoms with Crippen molar-refractivity contribution >= 4 is 40.0 Å². The molecular formula is C21H22F2N4O4S2. The van der Waals surface area contributed by atoms with Gasteiger partial charge in [-0.15, -0.1) is 21.5 Å². The van der Waals surface area contributed by atoms with Crippen LogP contribution < -0.4 is 10.1 Å². The van der Waals surface area contributed by atoms with E-state index in [1.807, 2.05) is 13.8 Å². The molecule has 1 aromatic carbocycles. The maximum atomic E-state index is 12.5. The third-order valence-electron chi connectivity index (χ3n) is 4.62. The molecule has 8 nitrogen and oxygen atoms in total. The van der Waals surface area contributed by atoms with Crippen molar-refractivity contribution in [3.63, 3.8) is 0 Å². The van der Waals surface area contributed by atoms with Crippen LogP contribution in [0.4, 0.5) is 13.8 Å². The topological polar surface area (TPSA) is 95.3 Å². The molecule has 12 heteroatoms. The van der Waals surface area contributed by atoms with E-state index in [4.69, 9.17) is 4.74 Å². The zero-order chi connectivity index (χ0) is 24.1. The minimum absolute atomic E-state index is 0.0448. The van der Waals surface area contributed by atoms with Gasteiger partial charge in [0.25, 0.3) is 0 Å². The van der Waals surface area contributed by atoms with E-state index >= 15 is 0 Å². The van der Waals surface area contributed by atoms with Crippen molar-refractivity contribution in [3.05, 3.63) is 40.3 Å². The number of amides is 1. The molecule has 0 aliphatic heterocycles. The third kappa shape index (κ3) is 5.88. The average molecular weight is 497 g/mol. The minimum atomic E-state index is -2.89. The van der Waals surface area contributed by atoms with Crippen molar-refractivity contribution in [2.75, 3.05) is 17.7 Å². The number of alkyl halides is 2. The van der Waals surface area contributed by atoms with Gasteiger partial charge in [-0.05, 0) is 50.6 Å². The SMILES string of the molecule is CCOC(=O)c1c(NC(=O)CSc2nnc(-c3ccc(OC(F)F)cc3)n2C)sc(C)c1C. The van der Waals surface area contributed by atoms with Gasteiger partial charge in [0.05, 0.1) is 17.9 Å². The van der Waals surface area contributed by atoms with Crippen LogP contribution in [-0.2, 0) is 16.6 Å². The summed E-state index contributed by atoms with van der Waals surface area (Å²) in [5, 5.41) is 12.0. The average Bonchev–Trinajstić information content (AvgIpc) is 3.25. The second kappa shape index (κ2) is 10.8. The number of aryl methyl sites for hydroxylation is 1. The fraction of sp³-hybridized carbons (Fsp3) is 0.333. The molecule has 0 bridgehead atoms.